The molecule has 0 bridgehead atoms. The summed E-state index contributed by atoms with van der Waals surface area (Å²) in [6.45, 7) is 3.01. The van der Waals surface area contributed by atoms with Gasteiger partial charge in [-0.2, -0.15) is 0 Å². The summed E-state index contributed by atoms with van der Waals surface area (Å²) in [5.74, 6) is -0.943. The highest BCUT2D eigenvalue weighted by molar-refractivity contribution is 5.97. The number of ether oxygens (including phenoxy) is 1. The molecule has 3 rings (SSSR count). The van der Waals surface area contributed by atoms with Crippen LogP contribution in [-0.4, -0.2) is 23.8 Å². The Hall–Kier alpha value is -3.47. The van der Waals surface area contributed by atoms with Gasteiger partial charge in [0.15, 0.2) is 11.9 Å². The van der Waals surface area contributed by atoms with Gasteiger partial charge in [0.05, 0.1) is 6.42 Å². The maximum Gasteiger partial charge on any atom is 0.311 e. The van der Waals surface area contributed by atoms with Crippen LogP contribution in [0.4, 0.5) is 5.69 Å². The summed E-state index contributed by atoms with van der Waals surface area (Å²) in [6, 6.07) is 20.1. The summed E-state index contributed by atoms with van der Waals surface area (Å²) in [6.07, 6.45) is -0.846. The SMILES string of the molecule is CC(=O)c1ccc(NC(=O)[C@@H](C)OC(=O)Cc2cccc3ccccc23)cc1. The fraction of sp³-hybridized carbons (Fsp3) is 0.174. The Morgan fingerprint density at radius 3 is 2.32 bits per heavy atom. The molecule has 0 aliphatic heterocycles. The zero-order chi connectivity index (χ0) is 20.1. The van der Waals surface area contributed by atoms with E-state index < -0.39 is 18.0 Å². The van der Waals surface area contributed by atoms with Crippen molar-refractivity contribution in [1.82, 2.24) is 0 Å². The van der Waals surface area contributed by atoms with Gasteiger partial charge in [-0.05, 0) is 54.4 Å². The summed E-state index contributed by atoms with van der Waals surface area (Å²) in [7, 11) is 0. The number of carbonyl (C=O) groups is 3. The van der Waals surface area contributed by atoms with Gasteiger partial charge >= 0.3 is 5.97 Å². The fourth-order valence-corrected chi connectivity index (χ4v) is 2.93. The summed E-state index contributed by atoms with van der Waals surface area (Å²) in [5.41, 5.74) is 1.95. The predicted molar refractivity (Wildman–Crippen MR) is 108 cm³/mol. The Morgan fingerprint density at radius 1 is 0.929 bits per heavy atom. The maximum absolute atomic E-state index is 12.3. The summed E-state index contributed by atoms with van der Waals surface area (Å²) >= 11 is 0. The molecule has 3 aromatic rings. The first kappa shape index (κ1) is 19.3. The molecule has 0 aliphatic rings. The number of fused-ring (bicyclic) bond motifs is 1. The van der Waals surface area contributed by atoms with Crippen LogP contribution < -0.4 is 5.32 Å². The van der Waals surface area contributed by atoms with Crippen molar-refractivity contribution in [1.29, 1.82) is 0 Å². The molecule has 28 heavy (non-hydrogen) atoms. The number of esters is 1. The Bertz CT molecular complexity index is 1020. The minimum absolute atomic E-state index is 0.0476. The van der Waals surface area contributed by atoms with Crippen LogP contribution in [0.15, 0.2) is 66.7 Å². The van der Waals surface area contributed by atoms with E-state index in [-0.39, 0.29) is 12.2 Å². The number of hydrogen-bond donors (Lipinski definition) is 1. The molecule has 5 nitrogen and oxygen atoms in total. The van der Waals surface area contributed by atoms with Gasteiger partial charge in [0.1, 0.15) is 0 Å². The molecule has 0 aromatic heterocycles. The molecule has 0 heterocycles. The molecule has 1 N–H and O–H groups in total. The van der Waals surface area contributed by atoms with Gasteiger partial charge in [0, 0.05) is 11.3 Å². The van der Waals surface area contributed by atoms with Crippen LogP contribution in [0.2, 0.25) is 0 Å². The number of nitrogens with one attached hydrogen (secondary N) is 1. The molecule has 1 amide bonds. The van der Waals surface area contributed by atoms with Crippen LogP contribution in [0.1, 0.15) is 29.8 Å². The third kappa shape index (κ3) is 4.62. The first-order chi connectivity index (χ1) is 13.4. The Kier molecular flexibility index (Phi) is 5.84. The van der Waals surface area contributed by atoms with E-state index in [1.54, 1.807) is 24.3 Å². The van der Waals surface area contributed by atoms with Gasteiger partial charge in [-0.3, -0.25) is 14.4 Å². The highest BCUT2D eigenvalue weighted by atomic mass is 16.5. The van der Waals surface area contributed by atoms with Crippen molar-refractivity contribution < 1.29 is 19.1 Å². The first-order valence-electron chi connectivity index (χ1n) is 9.02. The lowest BCUT2D eigenvalue weighted by Gasteiger charge is -2.14. The number of carbonyl (C=O) groups excluding carboxylic acids is 3. The van der Waals surface area contributed by atoms with E-state index in [0.717, 1.165) is 16.3 Å². The smallest absolute Gasteiger partial charge is 0.311 e. The number of hydrogen-bond acceptors (Lipinski definition) is 4. The average molecular weight is 375 g/mol. The third-order valence-corrected chi connectivity index (χ3v) is 4.45. The highest BCUT2D eigenvalue weighted by Crippen LogP contribution is 2.19. The van der Waals surface area contributed by atoms with Crippen molar-refractivity contribution in [2.75, 3.05) is 5.32 Å². The average Bonchev–Trinajstić information content (AvgIpc) is 2.68. The van der Waals surface area contributed by atoms with Crippen LogP contribution in [-0.2, 0) is 20.7 Å². The van der Waals surface area contributed by atoms with Crippen LogP contribution in [0.25, 0.3) is 10.8 Å². The molecule has 5 heteroatoms. The maximum atomic E-state index is 12.3. The van der Waals surface area contributed by atoms with E-state index >= 15 is 0 Å². The van der Waals surface area contributed by atoms with Crippen LogP contribution >= 0.6 is 0 Å². The first-order valence-corrected chi connectivity index (χ1v) is 9.02. The quantitative estimate of drug-likeness (QED) is 0.519. The van der Waals surface area contributed by atoms with E-state index in [0.29, 0.717) is 11.3 Å². The topological polar surface area (TPSA) is 72.5 Å². The predicted octanol–water partition coefficient (Wildman–Crippen LogP) is 4.16. The molecule has 0 saturated carbocycles. The second-order valence-electron chi connectivity index (χ2n) is 6.57. The van der Waals surface area contributed by atoms with Gasteiger partial charge in [-0.15, -0.1) is 0 Å². The van der Waals surface area contributed by atoms with Gasteiger partial charge in [0.25, 0.3) is 5.91 Å². The van der Waals surface area contributed by atoms with Gasteiger partial charge in [-0.1, -0.05) is 42.5 Å². The molecule has 0 fully saturated rings. The lowest BCUT2D eigenvalue weighted by molar-refractivity contribution is -0.152. The second kappa shape index (κ2) is 8.48. The van der Waals surface area contributed by atoms with Crippen molar-refractivity contribution in [2.45, 2.75) is 26.4 Å². The van der Waals surface area contributed by atoms with E-state index in [1.807, 2.05) is 42.5 Å². The lowest BCUT2D eigenvalue weighted by Crippen LogP contribution is -2.30. The molecule has 1 atom stereocenters. The number of ketones is 1. The summed E-state index contributed by atoms with van der Waals surface area (Å²) in [5, 5.41) is 4.72. The van der Waals surface area contributed by atoms with Crippen molar-refractivity contribution >= 4 is 34.1 Å². The van der Waals surface area contributed by atoms with E-state index in [9.17, 15) is 14.4 Å². The van der Waals surface area contributed by atoms with Crippen LogP contribution in [0.5, 0.6) is 0 Å². The van der Waals surface area contributed by atoms with E-state index in [2.05, 4.69) is 5.32 Å². The van der Waals surface area contributed by atoms with Crippen molar-refractivity contribution in [3.05, 3.63) is 77.9 Å². The largest absolute Gasteiger partial charge is 0.452 e. The molecule has 0 unspecified atom stereocenters. The Morgan fingerprint density at radius 2 is 1.61 bits per heavy atom. The fourth-order valence-electron chi connectivity index (χ4n) is 2.93. The Balaban J connectivity index is 1.60. The monoisotopic (exact) mass is 375 g/mol. The number of amides is 1. The number of Topliss-reactive ketones (excluding diaryl/α,β-unsaturated/α-hetero) is 1. The molecule has 3 aromatic carbocycles. The van der Waals surface area contributed by atoms with Gasteiger partial charge in [0.2, 0.25) is 0 Å². The standard InChI is InChI=1S/C23H21NO4/c1-15(25)17-10-12-20(13-11-17)24-23(27)16(2)28-22(26)14-19-8-5-7-18-6-3-4-9-21(18)19/h3-13,16H,14H2,1-2H3,(H,24,27)/t16-/m1/s1. The van der Waals surface area contributed by atoms with E-state index in [1.165, 1.54) is 13.8 Å². The normalized spacial score (nSPS) is 11.6. The molecule has 0 radical (unpaired) electrons. The van der Waals surface area contributed by atoms with Crippen LogP contribution in [0, 0.1) is 0 Å². The lowest BCUT2D eigenvalue weighted by atomic mass is 10.0. The van der Waals surface area contributed by atoms with Crippen LogP contribution in [0.3, 0.4) is 0 Å². The van der Waals surface area contributed by atoms with Crippen molar-refractivity contribution in [2.24, 2.45) is 0 Å². The van der Waals surface area contributed by atoms with Crippen molar-refractivity contribution in [3.63, 3.8) is 0 Å². The zero-order valence-corrected chi connectivity index (χ0v) is 15.8. The number of benzene rings is 3. The summed E-state index contributed by atoms with van der Waals surface area (Å²) < 4.78 is 5.29. The van der Waals surface area contributed by atoms with Crippen molar-refractivity contribution in [3.8, 4) is 0 Å². The van der Waals surface area contributed by atoms with E-state index in [4.69, 9.17) is 4.74 Å². The van der Waals surface area contributed by atoms with Gasteiger partial charge in [-0.25, -0.2) is 0 Å². The third-order valence-electron chi connectivity index (χ3n) is 4.45. The zero-order valence-electron chi connectivity index (χ0n) is 15.8. The molecule has 142 valence electrons. The molecular formula is C23H21NO4. The van der Waals surface area contributed by atoms with Gasteiger partial charge < -0.3 is 10.1 Å². The summed E-state index contributed by atoms with van der Waals surface area (Å²) in [4.78, 5) is 35.9. The molecular weight excluding hydrogens is 354 g/mol. The molecule has 0 aliphatic carbocycles. The molecule has 0 spiro atoms. The number of anilines is 1. The minimum Gasteiger partial charge on any atom is -0.452 e. The molecule has 0 saturated heterocycles. The highest BCUT2D eigenvalue weighted by Gasteiger charge is 2.19. The number of rotatable bonds is 6. The second-order valence-corrected chi connectivity index (χ2v) is 6.57. The minimum atomic E-state index is -0.935. The Labute approximate surface area is 163 Å².